The van der Waals surface area contributed by atoms with E-state index in [2.05, 4.69) is 15.9 Å². The summed E-state index contributed by atoms with van der Waals surface area (Å²) in [7, 11) is 3.20. The highest BCUT2D eigenvalue weighted by molar-refractivity contribution is 9.10. The molecule has 3 atom stereocenters. The number of carbonyl (C=O) groups is 2. The van der Waals surface area contributed by atoms with Crippen molar-refractivity contribution in [1.29, 1.82) is 0 Å². The van der Waals surface area contributed by atoms with Gasteiger partial charge < -0.3 is 9.47 Å². The van der Waals surface area contributed by atoms with Crippen molar-refractivity contribution in [3.8, 4) is 11.5 Å². The van der Waals surface area contributed by atoms with Gasteiger partial charge in [-0.1, -0.05) is 28.1 Å². The molecule has 3 aromatic rings. The van der Waals surface area contributed by atoms with Gasteiger partial charge in [-0.25, -0.2) is 9.96 Å². The first-order valence-electron chi connectivity index (χ1n) is 10.4. The van der Waals surface area contributed by atoms with Crippen molar-refractivity contribution in [2.45, 2.75) is 12.1 Å². The number of amides is 2. The Bertz CT molecular complexity index is 1180. The first kappa shape index (κ1) is 21.5. The number of hydrogen-bond donors (Lipinski definition) is 0. The molecule has 8 heteroatoms. The summed E-state index contributed by atoms with van der Waals surface area (Å²) in [6.07, 6.45) is -0.921. The van der Waals surface area contributed by atoms with Crippen LogP contribution in [-0.2, 0) is 14.4 Å². The van der Waals surface area contributed by atoms with E-state index in [1.165, 1.54) is 4.90 Å². The van der Waals surface area contributed by atoms with Crippen LogP contribution in [0, 0.1) is 5.92 Å². The van der Waals surface area contributed by atoms with Crippen LogP contribution < -0.4 is 19.4 Å². The van der Waals surface area contributed by atoms with Crippen LogP contribution in [0.4, 0.5) is 11.4 Å². The molecule has 0 aliphatic carbocycles. The van der Waals surface area contributed by atoms with Crippen LogP contribution in [0.25, 0.3) is 0 Å². The summed E-state index contributed by atoms with van der Waals surface area (Å²) in [5, 5.41) is 1.66. The summed E-state index contributed by atoms with van der Waals surface area (Å²) in [6.45, 7) is 0. The third-order valence-electron chi connectivity index (χ3n) is 5.98. The average molecular weight is 509 g/mol. The van der Waals surface area contributed by atoms with Crippen molar-refractivity contribution < 1.29 is 23.9 Å². The van der Waals surface area contributed by atoms with Crippen LogP contribution in [0.5, 0.6) is 11.5 Å². The van der Waals surface area contributed by atoms with E-state index in [0.29, 0.717) is 17.2 Å². The number of hydrogen-bond acceptors (Lipinski definition) is 6. The molecule has 2 aliphatic heterocycles. The highest BCUT2D eigenvalue weighted by Gasteiger charge is 2.60. The number of rotatable bonds is 5. The average Bonchev–Trinajstić information content (AvgIpc) is 3.36. The molecule has 33 heavy (non-hydrogen) atoms. The van der Waals surface area contributed by atoms with Gasteiger partial charge in [-0.3, -0.25) is 14.4 Å². The maximum Gasteiger partial charge on any atom is 0.266 e. The lowest BCUT2D eigenvalue weighted by Gasteiger charge is -2.29. The molecule has 0 radical (unpaired) electrons. The number of nitrogens with zero attached hydrogens (tertiary/aromatic N) is 2. The van der Waals surface area contributed by atoms with E-state index in [9.17, 15) is 9.59 Å². The molecule has 0 N–H and O–H groups in total. The second-order valence-electron chi connectivity index (χ2n) is 7.78. The zero-order chi connectivity index (χ0) is 23.1. The molecule has 3 aromatic carbocycles. The van der Waals surface area contributed by atoms with Gasteiger partial charge in [0, 0.05) is 4.47 Å². The van der Waals surface area contributed by atoms with Gasteiger partial charge in [0.2, 0.25) is 5.91 Å². The van der Waals surface area contributed by atoms with E-state index < -0.39 is 18.1 Å². The second kappa shape index (κ2) is 8.53. The van der Waals surface area contributed by atoms with Crippen molar-refractivity contribution in [3.63, 3.8) is 0 Å². The maximum absolute atomic E-state index is 13.6. The van der Waals surface area contributed by atoms with Crippen LogP contribution >= 0.6 is 15.9 Å². The van der Waals surface area contributed by atoms with E-state index in [1.54, 1.807) is 43.5 Å². The molecule has 2 saturated heterocycles. The third kappa shape index (κ3) is 3.65. The normalized spacial score (nSPS) is 22.0. The minimum absolute atomic E-state index is 0.288. The quantitative estimate of drug-likeness (QED) is 0.472. The lowest BCUT2D eigenvalue weighted by Crippen LogP contribution is -2.37. The smallest absolute Gasteiger partial charge is 0.266 e. The lowest BCUT2D eigenvalue weighted by molar-refractivity contribution is -0.126. The Balaban J connectivity index is 1.56. The van der Waals surface area contributed by atoms with E-state index in [1.807, 2.05) is 48.5 Å². The summed E-state index contributed by atoms with van der Waals surface area (Å²) in [4.78, 5) is 34.3. The van der Waals surface area contributed by atoms with E-state index in [0.717, 1.165) is 15.7 Å². The lowest BCUT2D eigenvalue weighted by atomic mass is 9.90. The topological polar surface area (TPSA) is 68.3 Å². The van der Waals surface area contributed by atoms with Crippen LogP contribution in [0.15, 0.2) is 77.3 Å². The molecule has 0 spiro atoms. The molecule has 2 aliphatic rings. The number of methoxy groups -OCH3 is 2. The van der Waals surface area contributed by atoms with E-state index >= 15 is 0 Å². The van der Waals surface area contributed by atoms with Crippen LogP contribution in [0.2, 0.25) is 0 Å². The fourth-order valence-electron chi connectivity index (χ4n) is 4.35. The van der Waals surface area contributed by atoms with Gasteiger partial charge >= 0.3 is 0 Å². The number of benzene rings is 3. The Morgan fingerprint density at radius 3 is 1.88 bits per heavy atom. The number of hydroxylamine groups is 1. The minimum atomic E-state index is -0.921. The third-order valence-corrected chi connectivity index (χ3v) is 6.51. The molecule has 0 saturated carbocycles. The summed E-state index contributed by atoms with van der Waals surface area (Å²) in [5.74, 6) is 0.0471. The first-order valence-corrected chi connectivity index (χ1v) is 11.2. The Morgan fingerprint density at radius 2 is 1.30 bits per heavy atom. The summed E-state index contributed by atoms with van der Waals surface area (Å²) in [5.41, 5.74) is 2.09. The van der Waals surface area contributed by atoms with E-state index in [4.69, 9.17) is 14.3 Å². The standard InChI is InChI=1S/C25H21BrN2O5/c1-31-19-11-3-15(4-12-19)22-21-23(33-28(22)18-9-13-20(32-2)14-10-18)25(30)27(24(21)29)17-7-5-16(26)6-8-17/h3-14,21-23H,1-2H3/t21-,22+,23-/m0/s1. The fraction of sp³-hybridized carbons (Fsp3) is 0.200. The number of ether oxygens (including phenoxy) is 2. The van der Waals surface area contributed by atoms with Crippen LogP contribution in [-0.4, -0.2) is 32.1 Å². The Labute approximate surface area is 199 Å². The zero-order valence-electron chi connectivity index (χ0n) is 18.0. The van der Waals surface area contributed by atoms with Gasteiger partial charge in [0.05, 0.1) is 31.6 Å². The van der Waals surface area contributed by atoms with Gasteiger partial charge in [0.1, 0.15) is 17.4 Å². The van der Waals surface area contributed by atoms with Crippen molar-refractivity contribution in [2.24, 2.45) is 5.92 Å². The van der Waals surface area contributed by atoms with Gasteiger partial charge in [0.15, 0.2) is 6.10 Å². The second-order valence-corrected chi connectivity index (χ2v) is 8.70. The van der Waals surface area contributed by atoms with Gasteiger partial charge in [-0.15, -0.1) is 0 Å². The number of imide groups is 1. The maximum atomic E-state index is 13.6. The highest BCUT2D eigenvalue weighted by atomic mass is 79.9. The zero-order valence-corrected chi connectivity index (χ0v) is 19.6. The Hall–Kier alpha value is -3.36. The molecule has 7 nitrogen and oxygen atoms in total. The number of halogens is 1. The van der Waals surface area contributed by atoms with Gasteiger partial charge in [-0.05, 0) is 66.2 Å². The summed E-state index contributed by atoms with van der Waals surface area (Å²) in [6, 6.07) is 21.4. The predicted octanol–water partition coefficient (Wildman–Crippen LogP) is 4.52. The monoisotopic (exact) mass is 508 g/mol. The molecule has 0 aromatic heterocycles. The van der Waals surface area contributed by atoms with Crippen LogP contribution in [0.1, 0.15) is 11.6 Å². The predicted molar refractivity (Wildman–Crippen MR) is 126 cm³/mol. The van der Waals surface area contributed by atoms with Crippen molar-refractivity contribution in [2.75, 3.05) is 24.2 Å². The SMILES string of the molecule is COc1ccc([C@@H]2[C@@H]3C(=O)N(c4ccc(Br)cc4)C(=O)[C@H]3ON2c2ccc(OC)cc2)cc1. The number of carbonyl (C=O) groups excluding carboxylic acids is 2. The number of fused-ring (bicyclic) bond motifs is 1. The molecule has 2 amide bonds. The molecule has 0 bridgehead atoms. The minimum Gasteiger partial charge on any atom is -0.497 e. The van der Waals surface area contributed by atoms with Crippen molar-refractivity contribution in [3.05, 3.63) is 82.8 Å². The molecular formula is C25H21BrN2O5. The van der Waals surface area contributed by atoms with Gasteiger partial charge in [-0.2, -0.15) is 0 Å². The largest absolute Gasteiger partial charge is 0.497 e. The molecule has 5 rings (SSSR count). The number of anilines is 2. The molecule has 168 valence electrons. The molecule has 0 unspecified atom stereocenters. The van der Waals surface area contributed by atoms with Crippen molar-refractivity contribution >= 4 is 39.1 Å². The molecule has 2 heterocycles. The summed E-state index contributed by atoms with van der Waals surface area (Å²) >= 11 is 3.39. The Morgan fingerprint density at radius 1 is 0.758 bits per heavy atom. The fourth-order valence-corrected chi connectivity index (χ4v) is 4.62. The van der Waals surface area contributed by atoms with Crippen molar-refractivity contribution in [1.82, 2.24) is 0 Å². The molecular weight excluding hydrogens is 488 g/mol. The molecule has 2 fully saturated rings. The van der Waals surface area contributed by atoms with E-state index in [-0.39, 0.29) is 11.8 Å². The summed E-state index contributed by atoms with van der Waals surface area (Å²) < 4.78 is 11.4. The highest BCUT2D eigenvalue weighted by Crippen LogP contribution is 2.48. The Kier molecular flexibility index (Phi) is 5.55. The van der Waals surface area contributed by atoms with Gasteiger partial charge in [0.25, 0.3) is 5.91 Å². The van der Waals surface area contributed by atoms with Crippen LogP contribution in [0.3, 0.4) is 0 Å². The first-order chi connectivity index (χ1) is 16.0.